The molecule has 7 nitrogen and oxygen atoms in total. The van der Waals surface area contributed by atoms with Crippen molar-refractivity contribution in [3.63, 3.8) is 0 Å². The van der Waals surface area contributed by atoms with E-state index in [1.165, 1.54) is 18.2 Å². The summed E-state index contributed by atoms with van der Waals surface area (Å²) >= 11 is 0. The molecule has 0 radical (unpaired) electrons. The maximum absolute atomic E-state index is 12.2. The van der Waals surface area contributed by atoms with Crippen LogP contribution in [0.25, 0.3) is 0 Å². The average molecular weight is 417 g/mol. The summed E-state index contributed by atoms with van der Waals surface area (Å²) in [5, 5.41) is 3.38. The van der Waals surface area contributed by atoms with Crippen LogP contribution in [-0.2, 0) is 34.3 Å². The zero-order valence-corrected chi connectivity index (χ0v) is 17.7. The third-order valence-electron chi connectivity index (χ3n) is 4.92. The van der Waals surface area contributed by atoms with Crippen LogP contribution in [-0.4, -0.2) is 53.1 Å². The van der Waals surface area contributed by atoms with Gasteiger partial charge in [-0.3, -0.25) is 4.99 Å². The van der Waals surface area contributed by atoms with Crippen molar-refractivity contribution in [1.29, 1.82) is 0 Å². The molecule has 0 unspecified atom stereocenters. The number of methoxy groups -OCH3 is 1. The van der Waals surface area contributed by atoms with Crippen LogP contribution < -0.4 is 10.0 Å². The molecule has 1 aliphatic rings. The zero-order chi connectivity index (χ0) is 20.7. The third-order valence-corrected chi connectivity index (χ3v) is 6.40. The number of nitrogens with zero attached hydrogens (tertiary/aromatic N) is 2. The van der Waals surface area contributed by atoms with E-state index in [-0.39, 0.29) is 11.4 Å². The van der Waals surface area contributed by atoms with Crippen molar-refractivity contribution in [2.24, 2.45) is 4.99 Å². The Morgan fingerprint density at radius 1 is 1.14 bits per heavy atom. The molecule has 156 valence electrons. The van der Waals surface area contributed by atoms with E-state index in [0.717, 1.165) is 31.0 Å². The number of ether oxygens (including phenoxy) is 1. The number of nitrogens with one attached hydrogen (secondary N) is 2. The van der Waals surface area contributed by atoms with Crippen LogP contribution in [0.1, 0.15) is 16.7 Å². The summed E-state index contributed by atoms with van der Waals surface area (Å²) in [6.45, 7) is 2.90. The second-order valence-electron chi connectivity index (χ2n) is 6.88. The standard InChI is InChI=1S/C21H28N4O3S/c1-22-21(25-13-11-18-5-3-4-6-19(18)16-25)23-15-17-7-9-20(10-8-17)29(26,27)24-12-14-28-2/h3-10,24H,11-16H2,1-2H3,(H,22,23). The van der Waals surface area contributed by atoms with Gasteiger partial charge in [-0.25, -0.2) is 13.1 Å². The van der Waals surface area contributed by atoms with Crippen LogP contribution in [0.2, 0.25) is 0 Å². The zero-order valence-electron chi connectivity index (χ0n) is 16.9. The number of aliphatic imine (C=N–C) groups is 1. The first-order chi connectivity index (χ1) is 14.0. The van der Waals surface area contributed by atoms with Crippen molar-refractivity contribution in [2.75, 3.05) is 33.9 Å². The molecule has 2 aromatic carbocycles. The highest BCUT2D eigenvalue weighted by molar-refractivity contribution is 7.89. The van der Waals surface area contributed by atoms with Gasteiger partial charge in [-0.2, -0.15) is 0 Å². The molecule has 29 heavy (non-hydrogen) atoms. The summed E-state index contributed by atoms with van der Waals surface area (Å²) in [6, 6.07) is 15.4. The van der Waals surface area contributed by atoms with Gasteiger partial charge in [0.05, 0.1) is 11.5 Å². The van der Waals surface area contributed by atoms with E-state index in [4.69, 9.17) is 4.74 Å². The van der Waals surface area contributed by atoms with E-state index >= 15 is 0 Å². The Morgan fingerprint density at radius 2 is 1.86 bits per heavy atom. The molecule has 0 atom stereocenters. The first-order valence-electron chi connectivity index (χ1n) is 9.63. The maximum atomic E-state index is 12.2. The summed E-state index contributed by atoms with van der Waals surface area (Å²) in [5.74, 6) is 0.845. The molecule has 8 heteroatoms. The summed E-state index contributed by atoms with van der Waals surface area (Å²) in [7, 11) is -0.197. The summed E-state index contributed by atoms with van der Waals surface area (Å²) in [5.41, 5.74) is 3.71. The minimum absolute atomic E-state index is 0.245. The molecule has 0 fully saturated rings. The molecule has 0 aromatic heterocycles. The van der Waals surface area contributed by atoms with Gasteiger partial charge in [0.1, 0.15) is 0 Å². The Hall–Kier alpha value is -2.42. The highest BCUT2D eigenvalue weighted by Crippen LogP contribution is 2.18. The van der Waals surface area contributed by atoms with Gasteiger partial charge in [0.2, 0.25) is 10.0 Å². The molecular formula is C21H28N4O3S. The molecule has 3 rings (SSSR count). The van der Waals surface area contributed by atoms with Crippen molar-refractivity contribution in [1.82, 2.24) is 14.9 Å². The van der Waals surface area contributed by atoms with E-state index in [9.17, 15) is 8.42 Å². The van der Waals surface area contributed by atoms with Gasteiger partial charge in [0.15, 0.2) is 5.96 Å². The lowest BCUT2D eigenvalue weighted by Gasteiger charge is -2.31. The lowest BCUT2D eigenvalue weighted by atomic mass is 10.0. The van der Waals surface area contributed by atoms with Gasteiger partial charge < -0.3 is 15.0 Å². The maximum Gasteiger partial charge on any atom is 0.240 e. The fraction of sp³-hybridized carbons (Fsp3) is 0.381. The number of rotatable bonds is 7. The Bertz CT molecular complexity index is 943. The van der Waals surface area contributed by atoms with Crippen LogP contribution in [0.4, 0.5) is 0 Å². The quantitative estimate of drug-likeness (QED) is 0.408. The van der Waals surface area contributed by atoms with Gasteiger partial charge in [0, 0.05) is 40.3 Å². The Labute approximate surface area is 172 Å². The topological polar surface area (TPSA) is 83.0 Å². The average Bonchev–Trinajstić information content (AvgIpc) is 2.74. The Balaban J connectivity index is 1.58. The van der Waals surface area contributed by atoms with Crippen molar-refractivity contribution in [2.45, 2.75) is 24.4 Å². The van der Waals surface area contributed by atoms with Gasteiger partial charge in [-0.05, 0) is 35.2 Å². The van der Waals surface area contributed by atoms with Crippen molar-refractivity contribution in [3.05, 3.63) is 65.2 Å². The predicted molar refractivity (Wildman–Crippen MR) is 114 cm³/mol. The molecule has 2 N–H and O–H groups in total. The Morgan fingerprint density at radius 3 is 2.55 bits per heavy atom. The molecular weight excluding hydrogens is 388 g/mol. The number of guanidine groups is 1. The first-order valence-corrected chi connectivity index (χ1v) is 11.1. The van der Waals surface area contributed by atoms with Gasteiger partial charge in [0.25, 0.3) is 0 Å². The highest BCUT2D eigenvalue weighted by atomic mass is 32.2. The predicted octanol–water partition coefficient (Wildman–Crippen LogP) is 1.75. The number of hydrogen-bond acceptors (Lipinski definition) is 4. The van der Waals surface area contributed by atoms with Crippen LogP contribution in [0, 0.1) is 0 Å². The van der Waals surface area contributed by atoms with E-state index < -0.39 is 10.0 Å². The van der Waals surface area contributed by atoms with Gasteiger partial charge in [-0.15, -0.1) is 0 Å². The lowest BCUT2D eigenvalue weighted by molar-refractivity contribution is 0.204. The van der Waals surface area contributed by atoms with Gasteiger partial charge >= 0.3 is 0 Å². The molecule has 2 aromatic rings. The molecule has 0 saturated carbocycles. The number of sulfonamides is 1. The third kappa shape index (κ3) is 5.56. The molecule has 0 amide bonds. The SMILES string of the molecule is CN=C(NCc1ccc(S(=O)(=O)NCCOC)cc1)N1CCc2ccccc2C1. The first kappa shape index (κ1) is 21.3. The van der Waals surface area contributed by atoms with E-state index in [1.807, 2.05) is 12.1 Å². The molecule has 0 spiro atoms. The van der Waals surface area contributed by atoms with E-state index in [0.29, 0.717) is 13.2 Å². The number of benzene rings is 2. The van der Waals surface area contributed by atoms with Gasteiger partial charge in [-0.1, -0.05) is 36.4 Å². The van der Waals surface area contributed by atoms with Crippen molar-refractivity contribution in [3.8, 4) is 0 Å². The fourth-order valence-electron chi connectivity index (χ4n) is 3.34. The second kappa shape index (κ2) is 9.87. The summed E-state index contributed by atoms with van der Waals surface area (Å²) in [6.07, 6.45) is 1.000. The molecule has 0 aliphatic carbocycles. The minimum Gasteiger partial charge on any atom is -0.383 e. The highest BCUT2D eigenvalue weighted by Gasteiger charge is 2.18. The largest absolute Gasteiger partial charge is 0.383 e. The lowest BCUT2D eigenvalue weighted by Crippen LogP contribution is -2.43. The fourth-order valence-corrected chi connectivity index (χ4v) is 4.35. The summed E-state index contributed by atoms with van der Waals surface area (Å²) in [4.78, 5) is 6.89. The van der Waals surface area contributed by atoms with Crippen molar-refractivity contribution >= 4 is 16.0 Å². The smallest absolute Gasteiger partial charge is 0.240 e. The molecule has 1 heterocycles. The monoisotopic (exact) mass is 416 g/mol. The molecule has 0 saturated heterocycles. The van der Waals surface area contributed by atoms with Crippen LogP contribution in [0.3, 0.4) is 0 Å². The number of fused-ring (bicyclic) bond motifs is 1. The van der Waals surface area contributed by atoms with Crippen molar-refractivity contribution < 1.29 is 13.2 Å². The summed E-state index contributed by atoms with van der Waals surface area (Å²) < 4.78 is 31.8. The Kier molecular flexibility index (Phi) is 7.24. The van der Waals surface area contributed by atoms with E-state index in [1.54, 1.807) is 19.2 Å². The number of hydrogen-bond donors (Lipinski definition) is 2. The minimum atomic E-state index is -3.51. The van der Waals surface area contributed by atoms with E-state index in [2.05, 4.69) is 44.2 Å². The van der Waals surface area contributed by atoms with Crippen LogP contribution in [0.15, 0.2) is 58.4 Å². The second-order valence-corrected chi connectivity index (χ2v) is 8.64. The van der Waals surface area contributed by atoms with Crippen LogP contribution in [0.5, 0.6) is 0 Å². The molecule has 0 bridgehead atoms. The van der Waals surface area contributed by atoms with Crippen LogP contribution >= 0.6 is 0 Å². The molecule has 1 aliphatic heterocycles. The normalized spacial score (nSPS) is 14.6.